The Labute approximate surface area is 160 Å². The lowest BCUT2D eigenvalue weighted by molar-refractivity contribution is -0.122. The van der Waals surface area contributed by atoms with Crippen LogP contribution in [0.25, 0.3) is 0 Å². The quantitative estimate of drug-likeness (QED) is 0.780. The number of nitrogens with one attached hydrogen (secondary N) is 2. The number of hydrogen-bond donors (Lipinski definition) is 2. The molecule has 1 aliphatic heterocycles. The summed E-state index contributed by atoms with van der Waals surface area (Å²) in [5.74, 6) is 0.642. The number of thioether (sulfide) groups is 1. The Morgan fingerprint density at radius 2 is 2.36 bits per heavy atom. The van der Waals surface area contributed by atoms with Crippen molar-refractivity contribution >= 4 is 40.9 Å². The summed E-state index contributed by atoms with van der Waals surface area (Å²) in [6.07, 6.45) is 4.04. The fraction of sp³-hybridized carbons (Fsp3) is 0.438. The average molecular weight is 400 g/mol. The molecule has 2 unspecified atom stereocenters. The van der Waals surface area contributed by atoms with Crippen LogP contribution in [-0.4, -0.2) is 39.0 Å². The highest BCUT2D eigenvalue weighted by Gasteiger charge is 2.45. The van der Waals surface area contributed by atoms with E-state index in [0.29, 0.717) is 28.9 Å². The monoisotopic (exact) mass is 399 g/mol. The van der Waals surface area contributed by atoms with Crippen molar-refractivity contribution in [2.75, 3.05) is 12.3 Å². The predicted octanol–water partition coefficient (Wildman–Crippen LogP) is 2.67. The number of aromatic nitrogens is 3. The van der Waals surface area contributed by atoms with E-state index in [2.05, 4.69) is 20.7 Å². The van der Waals surface area contributed by atoms with E-state index >= 15 is 0 Å². The Morgan fingerprint density at radius 3 is 3.04 bits per heavy atom. The molecule has 1 aromatic heterocycles. The highest BCUT2D eigenvalue weighted by atomic mass is 35.5. The van der Waals surface area contributed by atoms with Crippen molar-refractivity contribution in [3.8, 4) is 0 Å². The van der Waals surface area contributed by atoms with Gasteiger partial charge in [-0.1, -0.05) is 36.2 Å². The molecule has 0 radical (unpaired) electrons. The summed E-state index contributed by atoms with van der Waals surface area (Å²) in [6.45, 7) is 3.19. The minimum Gasteiger partial charge on any atom is -0.355 e. The minimum absolute atomic E-state index is 0.0000914. The minimum atomic E-state index is -0.580. The standard InChI is InChI=1S/C16H19Cl2N5OS/c1-2-5-20-15(24)14-7-25-16(22-14,8-23-10-19-9-21-23)12-4-3-11(17)6-13(12)18/h3-4,6,9-10,14,22H,2,5,7-8H2,1H3,(H,20,24). The van der Waals surface area contributed by atoms with E-state index in [0.717, 1.165) is 12.0 Å². The molecule has 134 valence electrons. The van der Waals surface area contributed by atoms with E-state index in [4.69, 9.17) is 23.2 Å². The number of halogens is 2. The zero-order valence-electron chi connectivity index (χ0n) is 13.7. The molecule has 1 aliphatic rings. The van der Waals surface area contributed by atoms with Crippen LogP contribution in [0.2, 0.25) is 10.0 Å². The highest BCUT2D eigenvalue weighted by molar-refractivity contribution is 8.00. The first-order valence-corrected chi connectivity index (χ1v) is 9.75. The smallest absolute Gasteiger partial charge is 0.238 e. The van der Waals surface area contributed by atoms with Crippen LogP contribution in [0.4, 0.5) is 0 Å². The molecule has 1 amide bonds. The Bertz CT molecular complexity index is 742. The molecule has 2 heterocycles. The first-order valence-electron chi connectivity index (χ1n) is 8.01. The number of benzene rings is 1. The van der Waals surface area contributed by atoms with E-state index in [-0.39, 0.29) is 11.9 Å². The topological polar surface area (TPSA) is 71.8 Å². The number of carbonyl (C=O) groups excluding carboxylic acids is 1. The average Bonchev–Trinajstić information content (AvgIpc) is 3.23. The second-order valence-electron chi connectivity index (χ2n) is 5.84. The molecule has 9 heteroatoms. The lowest BCUT2D eigenvalue weighted by Gasteiger charge is -2.30. The van der Waals surface area contributed by atoms with Gasteiger partial charge < -0.3 is 5.32 Å². The van der Waals surface area contributed by atoms with Crippen LogP contribution >= 0.6 is 35.0 Å². The lowest BCUT2D eigenvalue weighted by atomic mass is 10.0. The fourth-order valence-electron chi connectivity index (χ4n) is 2.79. The molecule has 0 spiro atoms. The number of nitrogens with zero attached hydrogens (tertiary/aromatic N) is 3. The van der Waals surface area contributed by atoms with Gasteiger partial charge in [-0.25, -0.2) is 9.67 Å². The molecular formula is C16H19Cl2N5OS. The van der Waals surface area contributed by atoms with Gasteiger partial charge in [-0.05, 0) is 18.6 Å². The third-order valence-electron chi connectivity index (χ3n) is 3.99. The molecule has 3 rings (SSSR count). The van der Waals surface area contributed by atoms with Gasteiger partial charge >= 0.3 is 0 Å². The largest absolute Gasteiger partial charge is 0.355 e. The van der Waals surface area contributed by atoms with Gasteiger partial charge in [-0.2, -0.15) is 5.10 Å². The summed E-state index contributed by atoms with van der Waals surface area (Å²) >= 11 is 14.2. The van der Waals surface area contributed by atoms with Crippen molar-refractivity contribution in [1.29, 1.82) is 0 Å². The molecule has 1 fully saturated rings. The van der Waals surface area contributed by atoms with Gasteiger partial charge in [0.2, 0.25) is 5.91 Å². The summed E-state index contributed by atoms with van der Waals surface area (Å²) < 4.78 is 1.73. The van der Waals surface area contributed by atoms with Crippen LogP contribution in [0, 0.1) is 0 Å². The molecule has 2 N–H and O–H groups in total. The van der Waals surface area contributed by atoms with Crippen molar-refractivity contribution in [3.05, 3.63) is 46.5 Å². The van der Waals surface area contributed by atoms with Gasteiger partial charge in [0, 0.05) is 27.9 Å². The van der Waals surface area contributed by atoms with Crippen LogP contribution in [0.15, 0.2) is 30.9 Å². The molecule has 1 aromatic carbocycles. The Balaban J connectivity index is 1.90. The predicted molar refractivity (Wildman–Crippen MR) is 101 cm³/mol. The van der Waals surface area contributed by atoms with Crippen LogP contribution in [0.3, 0.4) is 0 Å². The zero-order valence-corrected chi connectivity index (χ0v) is 16.0. The van der Waals surface area contributed by atoms with Crippen molar-refractivity contribution in [2.45, 2.75) is 30.8 Å². The van der Waals surface area contributed by atoms with Gasteiger partial charge in [0.15, 0.2) is 0 Å². The second kappa shape index (κ2) is 7.95. The fourth-order valence-corrected chi connectivity index (χ4v) is 4.89. The van der Waals surface area contributed by atoms with E-state index < -0.39 is 4.87 Å². The molecule has 0 aliphatic carbocycles. The van der Waals surface area contributed by atoms with Gasteiger partial charge in [0.25, 0.3) is 0 Å². The van der Waals surface area contributed by atoms with Crippen LogP contribution in [-0.2, 0) is 16.2 Å². The summed E-state index contributed by atoms with van der Waals surface area (Å²) in [6, 6.07) is 5.12. The van der Waals surface area contributed by atoms with E-state index in [1.165, 1.54) is 6.33 Å². The van der Waals surface area contributed by atoms with Gasteiger partial charge in [0.1, 0.15) is 17.5 Å². The zero-order chi connectivity index (χ0) is 17.9. The summed E-state index contributed by atoms with van der Waals surface area (Å²) in [5.41, 5.74) is 0.879. The summed E-state index contributed by atoms with van der Waals surface area (Å²) in [4.78, 5) is 15.8. The van der Waals surface area contributed by atoms with Gasteiger partial charge in [0.05, 0.1) is 12.6 Å². The van der Waals surface area contributed by atoms with Crippen LogP contribution in [0.5, 0.6) is 0 Å². The first kappa shape index (κ1) is 18.5. The molecule has 0 bridgehead atoms. The number of hydrogen-bond acceptors (Lipinski definition) is 5. The van der Waals surface area contributed by atoms with Crippen molar-refractivity contribution in [2.24, 2.45) is 0 Å². The summed E-state index contributed by atoms with van der Waals surface area (Å²) in [5, 5.41) is 11.7. The molecular weight excluding hydrogens is 381 g/mol. The molecule has 1 saturated heterocycles. The van der Waals surface area contributed by atoms with Crippen molar-refractivity contribution in [1.82, 2.24) is 25.4 Å². The van der Waals surface area contributed by atoms with Crippen LogP contribution < -0.4 is 10.6 Å². The molecule has 6 nitrogen and oxygen atoms in total. The molecule has 2 atom stereocenters. The first-order chi connectivity index (χ1) is 12.0. The van der Waals surface area contributed by atoms with Crippen molar-refractivity contribution < 1.29 is 4.79 Å². The SMILES string of the molecule is CCCNC(=O)C1CSC(Cn2cncn2)(c2ccc(Cl)cc2Cl)N1. The van der Waals surface area contributed by atoms with Gasteiger partial charge in [-0.3, -0.25) is 10.1 Å². The Kier molecular flexibility index (Phi) is 5.89. The number of rotatable bonds is 6. The van der Waals surface area contributed by atoms with E-state index in [9.17, 15) is 4.79 Å². The van der Waals surface area contributed by atoms with E-state index in [1.54, 1.807) is 34.9 Å². The molecule has 0 saturated carbocycles. The lowest BCUT2D eigenvalue weighted by Crippen LogP contribution is -2.49. The van der Waals surface area contributed by atoms with E-state index in [1.807, 2.05) is 13.0 Å². The molecule has 2 aromatic rings. The second-order valence-corrected chi connectivity index (χ2v) is 8.01. The molecule has 25 heavy (non-hydrogen) atoms. The Hall–Kier alpha value is -1.28. The van der Waals surface area contributed by atoms with Crippen molar-refractivity contribution in [3.63, 3.8) is 0 Å². The maximum atomic E-state index is 12.4. The maximum Gasteiger partial charge on any atom is 0.238 e. The number of amides is 1. The Morgan fingerprint density at radius 1 is 1.52 bits per heavy atom. The normalized spacial score (nSPS) is 22.9. The number of carbonyl (C=O) groups is 1. The maximum absolute atomic E-state index is 12.4. The van der Waals surface area contributed by atoms with Gasteiger partial charge in [-0.15, -0.1) is 11.8 Å². The summed E-state index contributed by atoms with van der Waals surface area (Å²) in [7, 11) is 0. The third-order valence-corrected chi connectivity index (χ3v) is 5.99. The highest BCUT2D eigenvalue weighted by Crippen LogP contribution is 2.44. The third kappa shape index (κ3) is 4.11. The van der Waals surface area contributed by atoms with Crippen LogP contribution in [0.1, 0.15) is 18.9 Å².